The summed E-state index contributed by atoms with van der Waals surface area (Å²) < 4.78 is 5.65. The van der Waals surface area contributed by atoms with Crippen LogP contribution in [0.3, 0.4) is 0 Å². The van der Waals surface area contributed by atoms with E-state index in [9.17, 15) is 0 Å². The molecule has 2 bridgehead atoms. The standard InChI is InChI=1S/C6H10OS2/c1-3-8-6-2-4-9-5(1)7-6/h5-6H,1-4H2. The van der Waals surface area contributed by atoms with Crippen LogP contribution in [0, 0.1) is 0 Å². The van der Waals surface area contributed by atoms with Gasteiger partial charge in [-0.3, -0.25) is 0 Å². The Bertz CT molecular complexity index is 87.2. The molecule has 0 aromatic rings. The van der Waals surface area contributed by atoms with E-state index in [0.29, 0.717) is 10.9 Å². The second kappa shape index (κ2) is 2.72. The molecule has 2 unspecified atom stereocenters. The molecule has 0 aromatic heterocycles. The van der Waals surface area contributed by atoms with Crippen molar-refractivity contribution in [3.8, 4) is 0 Å². The Morgan fingerprint density at radius 1 is 1.00 bits per heavy atom. The number of fused-ring (bicyclic) bond motifs is 2. The summed E-state index contributed by atoms with van der Waals surface area (Å²) in [7, 11) is 0. The smallest absolute Gasteiger partial charge is 0.105 e. The second-order valence-electron chi connectivity index (χ2n) is 2.31. The first-order valence-corrected chi connectivity index (χ1v) is 5.43. The first-order valence-electron chi connectivity index (χ1n) is 3.34. The fourth-order valence-electron chi connectivity index (χ4n) is 1.14. The van der Waals surface area contributed by atoms with Crippen LogP contribution >= 0.6 is 23.5 Å². The minimum Gasteiger partial charge on any atom is -0.354 e. The molecule has 2 rings (SSSR count). The van der Waals surface area contributed by atoms with Crippen LogP contribution < -0.4 is 0 Å². The van der Waals surface area contributed by atoms with E-state index >= 15 is 0 Å². The number of rotatable bonds is 0. The molecule has 0 aliphatic carbocycles. The summed E-state index contributed by atoms with van der Waals surface area (Å²) in [6.07, 6.45) is 2.51. The number of thioether (sulfide) groups is 2. The van der Waals surface area contributed by atoms with Crippen LogP contribution in [0.1, 0.15) is 12.8 Å². The van der Waals surface area contributed by atoms with Gasteiger partial charge in [-0.2, -0.15) is 0 Å². The van der Waals surface area contributed by atoms with Crippen molar-refractivity contribution in [3.63, 3.8) is 0 Å². The summed E-state index contributed by atoms with van der Waals surface area (Å²) in [5.74, 6) is 2.62. The predicted molar refractivity (Wildman–Crippen MR) is 42.8 cm³/mol. The Labute approximate surface area is 63.9 Å². The zero-order chi connectivity index (χ0) is 6.10. The Morgan fingerprint density at radius 2 is 1.56 bits per heavy atom. The summed E-state index contributed by atoms with van der Waals surface area (Å²) in [6, 6.07) is 0. The average Bonchev–Trinajstić information content (AvgIpc) is 1.88. The highest BCUT2D eigenvalue weighted by Gasteiger charge is 2.26. The zero-order valence-corrected chi connectivity index (χ0v) is 6.84. The lowest BCUT2D eigenvalue weighted by molar-refractivity contribution is 0.0733. The third kappa shape index (κ3) is 1.38. The van der Waals surface area contributed by atoms with E-state index in [0.717, 1.165) is 0 Å². The van der Waals surface area contributed by atoms with E-state index in [-0.39, 0.29) is 0 Å². The fourth-order valence-corrected chi connectivity index (χ4v) is 3.73. The molecule has 0 saturated carbocycles. The van der Waals surface area contributed by atoms with Crippen molar-refractivity contribution in [2.45, 2.75) is 23.7 Å². The molecule has 2 aliphatic rings. The largest absolute Gasteiger partial charge is 0.354 e. The Balaban J connectivity index is 1.96. The zero-order valence-electron chi connectivity index (χ0n) is 5.21. The van der Waals surface area contributed by atoms with Crippen molar-refractivity contribution in [1.29, 1.82) is 0 Å². The summed E-state index contributed by atoms with van der Waals surface area (Å²) in [5, 5.41) is 0. The van der Waals surface area contributed by atoms with E-state index in [4.69, 9.17) is 4.74 Å². The second-order valence-corrected chi connectivity index (χ2v) is 4.85. The van der Waals surface area contributed by atoms with E-state index in [2.05, 4.69) is 0 Å². The monoisotopic (exact) mass is 162 g/mol. The highest BCUT2D eigenvalue weighted by atomic mass is 32.2. The van der Waals surface area contributed by atoms with Gasteiger partial charge in [0, 0.05) is 0 Å². The normalized spacial score (nSPS) is 42.7. The van der Waals surface area contributed by atoms with Crippen LogP contribution in [-0.4, -0.2) is 22.4 Å². The van der Waals surface area contributed by atoms with Gasteiger partial charge in [0.1, 0.15) is 10.9 Å². The van der Waals surface area contributed by atoms with Gasteiger partial charge in [0.05, 0.1) is 0 Å². The van der Waals surface area contributed by atoms with Gasteiger partial charge >= 0.3 is 0 Å². The molecule has 0 amide bonds. The van der Waals surface area contributed by atoms with Gasteiger partial charge in [-0.1, -0.05) is 0 Å². The van der Waals surface area contributed by atoms with Crippen molar-refractivity contribution < 1.29 is 4.74 Å². The Morgan fingerprint density at radius 3 is 2.00 bits per heavy atom. The maximum absolute atomic E-state index is 5.65. The van der Waals surface area contributed by atoms with E-state index in [1.165, 1.54) is 24.3 Å². The molecule has 3 heteroatoms. The molecule has 0 N–H and O–H groups in total. The van der Waals surface area contributed by atoms with E-state index in [1.807, 2.05) is 23.5 Å². The Kier molecular flexibility index (Phi) is 1.93. The SMILES string of the molecule is C1CC2OC(CCS2)S1. The molecule has 9 heavy (non-hydrogen) atoms. The molecule has 0 spiro atoms. The summed E-state index contributed by atoms with van der Waals surface area (Å²) in [5.41, 5.74) is 1.09. The minimum atomic E-state index is 0.546. The van der Waals surface area contributed by atoms with Crippen LogP contribution in [0.4, 0.5) is 0 Å². The maximum atomic E-state index is 5.65. The fraction of sp³-hybridized carbons (Fsp3) is 1.00. The van der Waals surface area contributed by atoms with E-state index < -0.39 is 0 Å². The third-order valence-electron chi connectivity index (χ3n) is 1.62. The van der Waals surface area contributed by atoms with Crippen molar-refractivity contribution in [3.05, 3.63) is 0 Å². The number of hydrogen-bond acceptors (Lipinski definition) is 3. The lowest BCUT2D eigenvalue weighted by Gasteiger charge is -2.33. The number of ether oxygens (including phenoxy) is 1. The van der Waals surface area contributed by atoms with Crippen LogP contribution in [-0.2, 0) is 4.74 Å². The molecule has 0 radical (unpaired) electrons. The van der Waals surface area contributed by atoms with Gasteiger partial charge in [0.15, 0.2) is 0 Å². The van der Waals surface area contributed by atoms with Gasteiger partial charge in [-0.15, -0.1) is 23.5 Å². The molecule has 2 fully saturated rings. The lowest BCUT2D eigenvalue weighted by atomic mass is 10.4. The topological polar surface area (TPSA) is 9.23 Å². The highest BCUT2D eigenvalue weighted by Crippen LogP contribution is 2.36. The van der Waals surface area contributed by atoms with Crippen molar-refractivity contribution >= 4 is 23.5 Å². The number of hydrogen-bond donors (Lipinski definition) is 0. The van der Waals surface area contributed by atoms with Gasteiger partial charge in [0.25, 0.3) is 0 Å². The quantitative estimate of drug-likeness (QED) is 0.538. The molecular formula is C6H10OS2. The average molecular weight is 162 g/mol. The maximum Gasteiger partial charge on any atom is 0.105 e. The molecule has 2 heterocycles. The van der Waals surface area contributed by atoms with Crippen LogP contribution in [0.5, 0.6) is 0 Å². The van der Waals surface area contributed by atoms with E-state index in [1.54, 1.807) is 0 Å². The van der Waals surface area contributed by atoms with Gasteiger partial charge in [-0.25, -0.2) is 0 Å². The summed E-state index contributed by atoms with van der Waals surface area (Å²) in [6.45, 7) is 0. The molecule has 2 saturated heterocycles. The van der Waals surface area contributed by atoms with Crippen LogP contribution in [0.2, 0.25) is 0 Å². The predicted octanol–water partition coefficient (Wildman–Crippen LogP) is 1.93. The molecule has 52 valence electrons. The summed E-state index contributed by atoms with van der Waals surface area (Å²) in [4.78, 5) is 0. The summed E-state index contributed by atoms with van der Waals surface area (Å²) >= 11 is 3.97. The molecule has 0 aromatic carbocycles. The molecular weight excluding hydrogens is 152 g/mol. The first kappa shape index (κ1) is 6.38. The third-order valence-corrected chi connectivity index (χ3v) is 4.00. The molecule has 2 atom stereocenters. The van der Waals surface area contributed by atoms with Crippen molar-refractivity contribution in [2.75, 3.05) is 11.5 Å². The van der Waals surface area contributed by atoms with Gasteiger partial charge < -0.3 is 4.74 Å². The van der Waals surface area contributed by atoms with Crippen molar-refractivity contribution in [1.82, 2.24) is 0 Å². The van der Waals surface area contributed by atoms with Gasteiger partial charge in [0.2, 0.25) is 0 Å². The minimum absolute atomic E-state index is 0.546. The lowest BCUT2D eigenvalue weighted by Crippen LogP contribution is -2.28. The first-order chi connectivity index (χ1) is 4.45. The van der Waals surface area contributed by atoms with Crippen molar-refractivity contribution in [2.24, 2.45) is 0 Å². The van der Waals surface area contributed by atoms with Gasteiger partial charge in [-0.05, 0) is 24.3 Å². The molecule has 1 nitrogen and oxygen atoms in total. The van der Waals surface area contributed by atoms with Crippen LogP contribution in [0.25, 0.3) is 0 Å². The highest BCUT2D eigenvalue weighted by molar-refractivity contribution is 8.01. The van der Waals surface area contributed by atoms with Crippen LogP contribution in [0.15, 0.2) is 0 Å². The Hall–Kier alpha value is 0.660. The molecule has 2 aliphatic heterocycles.